The summed E-state index contributed by atoms with van der Waals surface area (Å²) in [6.07, 6.45) is 4.14. The lowest BCUT2D eigenvalue weighted by atomic mass is 9.85. The topological polar surface area (TPSA) is 0 Å². The van der Waals surface area contributed by atoms with Crippen LogP contribution in [-0.4, -0.2) is 10.4 Å². The SMILES string of the molecule is FC(F)(CI)C1CC2CCC1C2. The standard InChI is InChI=1S/C9H13F2I/c10-9(11,5-12)8-4-6-1-2-7(8)3-6/h6-8H,1-5H2. The molecule has 0 aromatic carbocycles. The van der Waals surface area contributed by atoms with E-state index >= 15 is 0 Å². The molecule has 0 aliphatic heterocycles. The van der Waals surface area contributed by atoms with Crippen LogP contribution in [-0.2, 0) is 0 Å². The molecule has 0 spiro atoms. The lowest BCUT2D eigenvalue weighted by Gasteiger charge is -2.28. The Labute approximate surface area is 85.2 Å². The molecule has 3 heteroatoms. The first-order valence-corrected chi connectivity index (χ1v) is 6.10. The molecule has 2 saturated carbocycles. The molecule has 2 aliphatic rings. The zero-order valence-electron chi connectivity index (χ0n) is 6.90. The third-order valence-electron chi connectivity index (χ3n) is 3.46. The van der Waals surface area contributed by atoms with Crippen molar-refractivity contribution in [2.24, 2.45) is 17.8 Å². The van der Waals surface area contributed by atoms with E-state index in [9.17, 15) is 8.78 Å². The molecule has 2 fully saturated rings. The van der Waals surface area contributed by atoms with Crippen molar-refractivity contribution in [1.29, 1.82) is 0 Å². The van der Waals surface area contributed by atoms with E-state index in [-0.39, 0.29) is 10.3 Å². The average Bonchev–Trinajstić information content (AvgIpc) is 2.64. The van der Waals surface area contributed by atoms with Crippen LogP contribution in [0.5, 0.6) is 0 Å². The van der Waals surface area contributed by atoms with Gasteiger partial charge in [0.15, 0.2) is 0 Å². The predicted molar refractivity (Wildman–Crippen MR) is 52.8 cm³/mol. The summed E-state index contributed by atoms with van der Waals surface area (Å²) in [5.74, 6) is -1.69. The van der Waals surface area contributed by atoms with Gasteiger partial charge in [-0.1, -0.05) is 29.0 Å². The molecule has 12 heavy (non-hydrogen) atoms. The molecule has 0 saturated heterocycles. The van der Waals surface area contributed by atoms with Gasteiger partial charge in [-0.15, -0.1) is 0 Å². The van der Waals surface area contributed by atoms with Crippen molar-refractivity contribution in [2.75, 3.05) is 4.43 Å². The molecule has 3 unspecified atom stereocenters. The van der Waals surface area contributed by atoms with Crippen molar-refractivity contribution in [1.82, 2.24) is 0 Å². The number of hydrogen-bond acceptors (Lipinski definition) is 0. The fraction of sp³-hybridized carbons (Fsp3) is 1.00. The average molecular weight is 286 g/mol. The molecule has 2 rings (SSSR count). The molecule has 3 atom stereocenters. The minimum Gasteiger partial charge on any atom is -0.206 e. The molecule has 0 aromatic rings. The second kappa shape index (κ2) is 3.07. The molecule has 2 aliphatic carbocycles. The van der Waals surface area contributed by atoms with Gasteiger partial charge in [0.1, 0.15) is 0 Å². The third kappa shape index (κ3) is 1.38. The summed E-state index contributed by atoms with van der Waals surface area (Å²) in [4.78, 5) is 0. The Morgan fingerprint density at radius 2 is 2.00 bits per heavy atom. The Balaban J connectivity index is 2.06. The first kappa shape index (κ1) is 9.16. The summed E-state index contributed by atoms with van der Waals surface area (Å²) >= 11 is 1.81. The van der Waals surface area contributed by atoms with Crippen molar-refractivity contribution in [3.63, 3.8) is 0 Å². The summed E-state index contributed by atoms with van der Waals surface area (Å²) in [5.41, 5.74) is 0. The lowest BCUT2D eigenvalue weighted by molar-refractivity contribution is -0.0531. The smallest absolute Gasteiger partial charge is 0.206 e. The Morgan fingerprint density at radius 1 is 1.25 bits per heavy atom. The summed E-state index contributed by atoms with van der Waals surface area (Å²) in [5, 5.41) is 0. The van der Waals surface area contributed by atoms with E-state index in [0.29, 0.717) is 11.8 Å². The van der Waals surface area contributed by atoms with Crippen molar-refractivity contribution < 1.29 is 8.78 Å². The number of alkyl halides is 3. The van der Waals surface area contributed by atoms with Crippen LogP contribution in [0.2, 0.25) is 0 Å². The summed E-state index contributed by atoms with van der Waals surface area (Å²) < 4.78 is 26.6. The van der Waals surface area contributed by atoms with Gasteiger partial charge in [-0.05, 0) is 31.1 Å². The summed E-state index contributed by atoms with van der Waals surface area (Å²) in [7, 11) is 0. The largest absolute Gasteiger partial charge is 0.259 e. The highest BCUT2D eigenvalue weighted by Gasteiger charge is 2.51. The molecule has 0 heterocycles. The van der Waals surface area contributed by atoms with Crippen molar-refractivity contribution in [3.8, 4) is 0 Å². The molecule has 0 radical (unpaired) electrons. The van der Waals surface area contributed by atoms with E-state index in [0.717, 1.165) is 19.3 Å². The molecule has 2 bridgehead atoms. The van der Waals surface area contributed by atoms with Crippen LogP contribution in [0.25, 0.3) is 0 Å². The van der Waals surface area contributed by atoms with Crippen LogP contribution in [0, 0.1) is 17.8 Å². The van der Waals surface area contributed by atoms with Gasteiger partial charge in [0.25, 0.3) is 5.92 Å². The van der Waals surface area contributed by atoms with Crippen molar-refractivity contribution >= 4 is 22.6 Å². The monoisotopic (exact) mass is 286 g/mol. The van der Waals surface area contributed by atoms with Crippen LogP contribution in [0.15, 0.2) is 0 Å². The van der Waals surface area contributed by atoms with Crippen LogP contribution in [0.3, 0.4) is 0 Å². The summed E-state index contributed by atoms with van der Waals surface area (Å²) in [6, 6.07) is 0. The molecule has 0 aromatic heterocycles. The molecule has 0 nitrogen and oxygen atoms in total. The maximum atomic E-state index is 13.3. The van der Waals surface area contributed by atoms with Gasteiger partial charge in [-0.2, -0.15) is 0 Å². The maximum Gasteiger partial charge on any atom is 0.259 e. The maximum absolute atomic E-state index is 13.3. The normalized spacial score (nSPS) is 40.8. The van der Waals surface area contributed by atoms with Gasteiger partial charge in [0, 0.05) is 5.92 Å². The zero-order chi connectivity index (χ0) is 8.77. The third-order valence-corrected chi connectivity index (χ3v) is 4.48. The zero-order valence-corrected chi connectivity index (χ0v) is 9.06. The molecular weight excluding hydrogens is 273 g/mol. The second-order valence-corrected chi connectivity index (χ2v) is 4.94. The highest BCUT2D eigenvalue weighted by atomic mass is 127. The molecule has 70 valence electrons. The quantitative estimate of drug-likeness (QED) is 0.538. The van der Waals surface area contributed by atoms with E-state index < -0.39 is 5.92 Å². The minimum atomic E-state index is -2.39. The van der Waals surface area contributed by atoms with Gasteiger partial charge in [0.05, 0.1) is 4.43 Å². The fourth-order valence-corrected chi connectivity index (χ4v) is 3.43. The van der Waals surface area contributed by atoms with Crippen molar-refractivity contribution in [2.45, 2.75) is 31.6 Å². The van der Waals surface area contributed by atoms with E-state index in [4.69, 9.17) is 0 Å². The van der Waals surface area contributed by atoms with Gasteiger partial charge in [0.2, 0.25) is 0 Å². The Kier molecular flexibility index (Phi) is 2.34. The fourth-order valence-electron chi connectivity index (χ4n) is 2.86. The predicted octanol–water partition coefficient (Wildman–Crippen LogP) is 3.49. The molecule has 0 amide bonds. The van der Waals surface area contributed by atoms with Gasteiger partial charge in [-0.25, -0.2) is 8.78 Å². The van der Waals surface area contributed by atoms with Crippen LogP contribution in [0.1, 0.15) is 25.7 Å². The van der Waals surface area contributed by atoms with E-state index in [1.165, 1.54) is 6.42 Å². The van der Waals surface area contributed by atoms with Gasteiger partial charge >= 0.3 is 0 Å². The number of halogens is 3. The van der Waals surface area contributed by atoms with Gasteiger partial charge < -0.3 is 0 Å². The van der Waals surface area contributed by atoms with Crippen LogP contribution in [0.4, 0.5) is 8.78 Å². The summed E-state index contributed by atoms with van der Waals surface area (Å²) in [6.45, 7) is 0. The van der Waals surface area contributed by atoms with E-state index in [2.05, 4.69) is 0 Å². The van der Waals surface area contributed by atoms with Crippen molar-refractivity contribution in [3.05, 3.63) is 0 Å². The Hall–Kier alpha value is 0.590. The lowest BCUT2D eigenvalue weighted by Crippen LogP contribution is -2.33. The highest BCUT2D eigenvalue weighted by Crippen LogP contribution is 2.53. The Bertz CT molecular complexity index is 181. The Morgan fingerprint density at radius 3 is 2.42 bits per heavy atom. The van der Waals surface area contributed by atoms with Crippen LogP contribution >= 0.6 is 22.6 Å². The van der Waals surface area contributed by atoms with E-state index in [1.54, 1.807) is 0 Å². The molecule has 0 N–H and O–H groups in total. The van der Waals surface area contributed by atoms with Crippen LogP contribution < -0.4 is 0 Å². The van der Waals surface area contributed by atoms with E-state index in [1.807, 2.05) is 22.6 Å². The molecular formula is C9H13F2I. The first-order chi connectivity index (χ1) is 5.63. The minimum absolute atomic E-state index is 0.00134. The number of fused-ring (bicyclic) bond motifs is 2. The van der Waals surface area contributed by atoms with Gasteiger partial charge in [-0.3, -0.25) is 0 Å². The highest BCUT2D eigenvalue weighted by molar-refractivity contribution is 14.1. The number of hydrogen-bond donors (Lipinski definition) is 0. The second-order valence-electron chi connectivity index (χ2n) is 4.18. The first-order valence-electron chi connectivity index (χ1n) is 4.57. The number of rotatable bonds is 2.